The second kappa shape index (κ2) is 13.3. The summed E-state index contributed by atoms with van der Waals surface area (Å²) < 4.78 is 9.08. The van der Waals surface area contributed by atoms with Gasteiger partial charge in [0, 0.05) is 53.4 Å². The van der Waals surface area contributed by atoms with Gasteiger partial charge in [-0.2, -0.15) is 0 Å². The number of para-hydroxylation sites is 1. The van der Waals surface area contributed by atoms with Gasteiger partial charge >= 0.3 is 0 Å². The Morgan fingerprint density at radius 1 is 0.358 bits per heavy atom. The summed E-state index contributed by atoms with van der Waals surface area (Å²) >= 11 is 1.90. The Hall–Kier alpha value is -7.98. The lowest BCUT2D eigenvalue weighted by Gasteiger charge is -2.36. The van der Waals surface area contributed by atoms with Gasteiger partial charge in [-0.1, -0.05) is 166 Å². The molecule has 2 nitrogen and oxygen atoms in total. The SMILES string of the molecule is CC1(C)c2ccccc2-c2ccc(N(c3ccc4c(c3)C3(c5ccccc5-c5ccccc5-4)c4ccccc4-c4c3ccc3sc5ccccc5c43)c3ccc4oc5ccccc5c4c3)cc21. The second-order valence-corrected chi connectivity index (χ2v) is 20.2. The lowest BCUT2D eigenvalue weighted by molar-refractivity contribution is 0.660. The number of hydrogen-bond acceptors (Lipinski definition) is 3. The van der Waals surface area contributed by atoms with Crippen LogP contribution in [0, 0.1) is 0 Å². The minimum absolute atomic E-state index is 0.169. The lowest BCUT2D eigenvalue weighted by atomic mass is 9.65. The van der Waals surface area contributed by atoms with Crippen LogP contribution in [0.1, 0.15) is 47.2 Å². The van der Waals surface area contributed by atoms with Gasteiger partial charge in [0.1, 0.15) is 11.2 Å². The van der Waals surface area contributed by atoms with Crippen LogP contribution in [-0.2, 0) is 10.8 Å². The molecule has 0 aliphatic heterocycles. The summed E-state index contributed by atoms with van der Waals surface area (Å²) in [7, 11) is 0. The third-order valence-electron chi connectivity index (χ3n) is 15.5. The molecule has 12 aromatic rings. The number of hydrogen-bond donors (Lipinski definition) is 0. The van der Waals surface area contributed by atoms with Gasteiger partial charge in [0.2, 0.25) is 0 Å². The van der Waals surface area contributed by atoms with E-state index in [1.54, 1.807) is 0 Å². The summed E-state index contributed by atoms with van der Waals surface area (Å²) in [4.78, 5) is 2.49. The summed E-state index contributed by atoms with van der Waals surface area (Å²) in [6.07, 6.45) is 0. The molecule has 67 heavy (non-hydrogen) atoms. The highest BCUT2D eigenvalue weighted by molar-refractivity contribution is 7.26. The predicted molar refractivity (Wildman–Crippen MR) is 281 cm³/mol. The quantitative estimate of drug-likeness (QED) is 0.176. The number of thiophene rings is 1. The molecule has 3 heteroatoms. The minimum Gasteiger partial charge on any atom is -0.456 e. The molecule has 0 radical (unpaired) electrons. The average molecular weight is 872 g/mol. The Morgan fingerprint density at radius 2 is 0.881 bits per heavy atom. The van der Waals surface area contributed by atoms with Crippen molar-refractivity contribution in [3.63, 3.8) is 0 Å². The third-order valence-corrected chi connectivity index (χ3v) is 16.6. The highest BCUT2D eigenvalue weighted by Gasteiger charge is 2.50. The van der Waals surface area contributed by atoms with E-state index in [9.17, 15) is 0 Å². The first kappa shape index (κ1) is 37.3. The number of fused-ring (bicyclic) bond motifs is 22. The van der Waals surface area contributed by atoms with Gasteiger partial charge in [0.25, 0.3) is 0 Å². The molecule has 2 aromatic heterocycles. The molecule has 0 saturated heterocycles. The molecular weight excluding hydrogens is 831 g/mol. The van der Waals surface area contributed by atoms with Gasteiger partial charge in [-0.3, -0.25) is 0 Å². The normalized spacial score (nSPS) is 15.8. The first-order valence-corrected chi connectivity index (χ1v) is 24.1. The van der Waals surface area contributed by atoms with Crippen LogP contribution in [0.25, 0.3) is 86.6 Å². The standard InChI is InChI=1S/C64H41NOS/c1-63(2)51-22-10-5-18-44(51)46-31-28-39(36-55(46)63)65(38-29-33-58-50(35-38)47-19-8-13-25-57(47)66-58)40-27-30-45-42-16-4-3-15-41(42)43-17-6-11-23-52(43)64(56(45)37-40)53-24-12-7-20-48(53)61-54(64)32-34-60-62(61)49-21-9-14-26-59(49)67-60/h3-37H,1-2H3. The molecule has 3 aliphatic carbocycles. The van der Waals surface area contributed by atoms with Crippen molar-refractivity contribution in [2.75, 3.05) is 4.90 Å². The summed E-state index contributed by atoms with van der Waals surface area (Å²) in [5.74, 6) is 0. The zero-order valence-corrected chi connectivity index (χ0v) is 37.8. The van der Waals surface area contributed by atoms with E-state index in [0.717, 1.165) is 39.0 Å². The Balaban J connectivity index is 1.07. The lowest BCUT2D eigenvalue weighted by Crippen LogP contribution is -2.29. The fraction of sp³-hybridized carbons (Fsp3) is 0.0625. The minimum atomic E-state index is -0.651. The predicted octanol–water partition coefficient (Wildman–Crippen LogP) is 17.7. The maximum atomic E-state index is 6.44. The van der Waals surface area contributed by atoms with Crippen LogP contribution in [0.15, 0.2) is 217 Å². The highest BCUT2D eigenvalue weighted by Crippen LogP contribution is 2.64. The fourth-order valence-corrected chi connectivity index (χ4v) is 13.8. The number of anilines is 3. The van der Waals surface area contributed by atoms with Gasteiger partial charge in [0.05, 0.1) is 5.41 Å². The summed E-state index contributed by atoms with van der Waals surface area (Å²) in [6.45, 7) is 4.75. The summed E-state index contributed by atoms with van der Waals surface area (Å²) in [6, 6.07) is 79.9. The van der Waals surface area contributed by atoms with E-state index in [4.69, 9.17) is 4.42 Å². The molecule has 1 spiro atoms. The molecule has 0 saturated carbocycles. The van der Waals surface area contributed by atoms with Gasteiger partial charge in [-0.25, -0.2) is 0 Å². The maximum absolute atomic E-state index is 6.44. The first-order chi connectivity index (χ1) is 33.0. The van der Waals surface area contributed by atoms with Gasteiger partial charge in [-0.15, -0.1) is 11.3 Å². The topological polar surface area (TPSA) is 16.4 Å². The van der Waals surface area contributed by atoms with Crippen LogP contribution >= 0.6 is 11.3 Å². The Labute approximate surface area is 392 Å². The summed E-state index contributed by atoms with van der Waals surface area (Å²) in [5, 5.41) is 4.89. The molecule has 2 heterocycles. The maximum Gasteiger partial charge on any atom is 0.135 e. The Bertz CT molecular complexity index is 4110. The van der Waals surface area contributed by atoms with Gasteiger partial charge < -0.3 is 9.32 Å². The highest BCUT2D eigenvalue weighted by atomic mass is 32.1. The monoisotopic (exact) mass is 871 g/mol. The number of nitrogens with zero attached hydrogens (tertiary/aromatic N) is 1. The Morgan fingerprint density at radius 3 is 1.64 bits per heavy atom. The van der Waals surface area contributed by atoms with Crippen LogP contribution in [0.3, 0.4) is 0 Å². The zero-order chi connectivity index (χ0) is 44.2. The molecule has 3 aliphatic rings. The molecule has 314 valence electrons. The summed E-state index contributed by atoms with van der Waals surface area (Å²) in [5.41, 5.74) is 22.5. The van der Waals surface area contributed by atoms with Crippen molar-refractivity contribution < 1.29 is 4.42 Å². The van der Waals surface area contributed by atoms with E-state index in [2.05, 4.69) is 231 Å². The van der Waals surface area contributed by atoms with Crippen molar-refractivity contribution in [1.29, 1.82) is 0 Å². The second-order valence-electron chi connectivity index (χ2n) is 19.1. The molecule has 0 bridgehead atoms. The van der Waals surface area contributed by atoms with Crippen LogP contribution in [0.5, 0.6) is 0 Å². The van der Waals surface area contributed by atoms with Crippen molar-refractivity contribution >= 4 is 70.5 Å². The molecule has 0 fully saturated rings. The van der Waals surface area contributed by atoms with Crippen molar-refractivity contribution in [1.82, 2.24) is 0 Å². The molecule has 1 atom stereocenters. The van der Waals surface area contributed by atoms with Crippen LogP contribution in [0.4, 0.5) is 17.1 Å². The van der Waals surface area contributed by atoms with E-state index in [1.807, 2.05) is 11.3 Å². The van der Waals surface area contributed by atoms with E-state index in [1.165, 1.54) is 98.1 Å². The molecular formula is C64H41NOS. The molecule has 0 amide bonds. The smallest absolute Gasteiger partial charge is 0.135 e. The molecule has 15 rings (SSSR count). The largest absolute Gasteiger partial charge is 0.456 e. The van der Waals surface area contributed by atoms with Crippen molar-refractivity contribution in [2.24, 2.45) is 0 Å². The molecule has 10 aromatic carbocycles. The third kappa shape index (κ3) is 4.84. The first-order valence-electron chi connectivity index (χ1n) is 23.3. The van der Waals surface area contributed by atoms with Crippen molar-refractivity contribution in [3.8, 4) is 44.5 Å². The molecule has 1 unspecified atom stereocenters. The number of rotatable bonds is 3. The van der Waals surface area contributed by atoms with Crippen LogP contribution in [-0.4, -0.2) is 0 Å². The van der Waals surface area contributed by atoms with E-state index in [0.29, 0.717) is 0 Å². The number of benzene rings is 10. The average Bonchev–Trinajstić information content (AvgIpc) is 4.07. The fourth-order valence-electron chi connectivity index (χ4n) is 12.7. The Kier molecular flexibility index (Phi) is 7.41. The van der Waals surface area contributed by atoms with E-state index in [-0.39, 0.29) is 5.41 Å². The van der Waals surface area contributed by atoms with Crippen LogP contribution < -0.4 is 4.90 Å². The number of furan rings is 1. The van der Waals surface area contributed by atoms with Gasteiger partial charge in [0.15, 0.2) is 0 Å². The van der Waals surface area contributed by atoms with E-state index >= 15 is 0 Å². The molecule has 0 N–H and O–H groups in total. The zero-order valence-electron chi connectivity index (χ0n) is 37.0. The van der Waals surface area contributed by atoms with Crippen molar-refractivity contribution in [2.45, 2.75) is 24.7 Å². The van der Waals surface area contributed by atoms with Crippen molar-refractivity contribution in [3.05, 3.63) is 246 Å². The van der Waals surface area contributed by atoms with Crippen LogP contribution in [0.2, 0.25) is 0 Å². The van der Waals surface area contributed by atoms with E-state index < -0.39 is 5.41 Å². The van der Waals surface area contributed by atoms with Gasteiger partial charge in [-0.05, 0) is 139 Å².